The van der Waals surface area contributed by atoms with E-state index >= 15 is 0 Å². The van der Waals surface area contributed by atoms with E-state index in [1.54, 1.807) is 31.5 Å². The lowest BCUT2D eigenvalue weighted by atomic mass is 10.3. The Balaban J connectivity index is 2.38. The largest absolute Gasteiger partial charge is 0.326 e. The first-order valence-electron chi connectivity index (χ1n) is 5.36. The minimum absolute atomic E-state index is 0.203. The van der Waals surface area contributed by atoms with Crippen LogP contribution in [0.3, 0.4) is 0 Å². The van der Waals surface area contributed by atoms with Crippen LogP contribution in [0, 0.1) is 6.92 Å². The van der Waals surface area contributed by atoms with Crippen LogP contribution in [0.4, 0.5) is 5.69 Å². The van der Waals surface area contributed by atoms with Crippen molar-refractivity contribution in [3.8, 4) is 0 Å². The number of thiophene rings is 1. The van der Waals surface area contributed by atoms with Crippen molar-refractivity contribution in [1.29, 1.82) is 0 Å². The number of anilines is 1. The molecule has 0 radical (unpaired) electrons. The fourth-order valence-corrected chi connectivity index (χ4v) is 5.16. The molecular weight excluding hydrogens is 350 g/mol. The average Bonchev–Trinajstić information content (AvgIpc) is 2.74. The second-order valence-electron chi connectivity index (χ2n) is 3.85. The molecule has 2 aromatic heterocycles. The van der Waals surface area contributed by atoms with Gasteiger partial charge in [0, 0.05) is 23.8 Å². The first kappa shape index (κ1) is 14.4. The molecule has 0 unspecified atom stereocenters. The number of rotatable bonds is 4. The van der Waals surface area contributed by atoms with Gasteiger partial charge in [-0.15, -0.1) is 11.3 Å². The summed E-state index contributed by atoms with van der Waals surface area (Å²) in [6, 6.07) is 3.20. The van der Waals surface area contributed by atoms with Crippen LogP contribution in [-0.2, 0) is 16.6 Å². The zero-order chi connectivity index (χ0) is 14.0. The molecule has 0 aliphatic rings. The van der Waals surface area contributed by atoms with E-state index in [1.807, 2.05) is 0 Å². The smallest absolute Gasteiger partial charge is 0.263 e. The van der Waals surface area contributed by atoms with Gasteiger partial charge in [0.1, 0.15) is 4.90 Å². The van der Waals surface area contributed by atoms with Crippen molar-refractivity contribution >= 4 is 43.0 Å². The number of nitrogens with two attached hydrogens (primary N) is 1. The molecule has 0 aromatic carbocycles. The Bertz CT molecular complexity index is 698. The lowest BCUT2D eigenvalue weighted by Crippen LogP contribution is -2.13. The van der Waals surface area contributed by atoms with Gasteiger partial charge in [0.15, 0.2) is 0 Å². The van der Waals surface area contributed by atoms with E-state index in [1.165, 1.54) is 11.3 Å². The van der Waals surface area contributed by atoms with Gasteiger partial charge in [-0.25, -0.2) is 8.42 Å². The summed E-state index contributed by atoms with van der Waals surface area (Å²) in [5.74, 6) is 0. The first-order valence-corrected chi connectivity index (χ1v) is 8.45. The third-order valence-corrected chi connectivity index (χ3v) is 6.10. The Labute approximate surface area is 124 Å². The molecule has 5 nitrogen and oxygen atoms in total. The van der Waals surface area contributed by atoms with Gasteiger partial charge in [0.2, 0.25) is 0 Å². The molecule has 0 fully saturated rings. The van der Waals surface area contributed by atoms with Gasteiger partial charge in [-0.3, -0.25) is 9.71 Å². The molecule has 0 saturated heterocycles. The van der Waals surface area contributed by atoms with Gasteiger partial charge >= 0.3 is 0 Å². The van der Waals surface area contributed by atoms with Crippen LogP contribution in [0.1, 0.15) is 10.4 Å². The van der Waals surface area contributed by atoms with E-state index in [9.17, 15) is 8.42 Å². The molecule has 102 valence electrons. The molecule has 0 aliphatic carbocycles. The van der Waals surface area contributed by atoms with Crippen molar-refractivity contribution in [1.82, 2.24) is 4.98 Å². The SMILES string of the molecule is Cc1cnccc1NS(=O)(=O)c1cc(CN)sc1Br. The molecule has 8 heteroatoms. The minimum Gasteiger partial charge on any atom is -0.326 e. The first-order chi connectivity index (χ1) is 8.94. The molecule has 2 heterocycles. The third kappa shape index (κ3) is 3.14. The molecule has 0 spiro atoms. The van der Waals surface area contributed by atoms with E-state index < -0.39 is 10.0 Å². The van der Waals surface area contributed by atoms with E-state index in [0.29, 0.717) is 16.0 Å². The van der Waals surface area contributed by atoms with E-state index in [0.717, 1.165) is 10.4 Å². The normalized spacial score (nSPS) is 11.5. The predicted octanol–water partition coefficient (Wildman–Crippen LogP) is 2.47. The van der Waals surface area contributed by atoms with Crippen LogP contribution in [-0.4, -0.2) is 13.4 Å². The third-order valence-electron chi connectivity index (χ3n) is 2.46. The maximum absolute atomic E-state index is 12.3. The average molecular weight is 362 g/mol. The summed E-state index contributed by atoms with van der Waals surface area (Å²) in [4.78, 5) is 4.93. The topological polar surface area (TPSA) is 85.1 Å². The molecule has 0 amide bonds. The lowest BCUT2D eigenvalue weighted by Gasteiger charge is -2.09. The van der Waals surface area contributed by atoms with Crippen molar-refractivity contribution in [3.63, 3.8) is 0 Å². The Morgan fingerprint density at radius 3 is 2.84 bits per heavy atom. The van der Waals surface area contributed by atoms with E-state index in [4.69, 9.17) is 5.73 Å². The van der Waals surface area contributed by atoms with Crippen LogP contribution in [0.2, 0.25) is 0 Å². The summed E-state index contributed by atoms with van der Waals surface area (Å²) in [7, 11) is -3.63. The predicted molar refractivity (Wildman–Crippen MR) is 79.7 cm³/mol. The molecule has 19 heavy (non-hydrogen) atoms. The van der Waals surface area contributed by atoms with Gasteiger partial charge in [-0.2, -0.15) is 0 Å². The maximum Gasteiger partial charge on any atom is 0.263 e. The van der Waals surface area contributed by atoms with Crippen LogP contribution >= 0.6 is 27.3 Å². The highest BCUT2D eigenvalue weighted by atomic mass is 79.9. The van der Waals surface area contributed by atoms with E-state index in [2.05, 4.69) is 25.6 Å². The number of nitrogens with zero attached hydrogens (tertiary/aromatic N) is 1. The zero-order valence-electron chi connectivity index (χ0n) is 10.1. The van der Waals surface area contributed by atoms with Gasteiger partial charge in [-0.1, -0.05) is 0 Å². The number of sulfonamides is 1. The van der Waals surface area contributed by atoms with Gasteiger partial charge in [-0.05, 0) is 40.5 Å². The van der Waals surface area contributed by atoms with E-state index in [-0.39, 0.29) is 4.90 Å². The standard InChI is InChI=1S/C11H12BrN3O2S2/c1-7-6-14-3-2-9(7)15-19(16,17)10-4-8(5-13)18-11(10)12/h2-4,6H,5,13H2,1H3,(H,14,15). The number of nitrogens with one attached hydrogen (secondary N) is 1. The molecule has 0 saturated carbocycles. The zero-order valence-corrected chi connectivity index (χ0v) is 13.3. The summed E-state index contributed by atoms with van der Waals surface area (Å²) in [5, 5.41) is 0. The number of aryl methyl sites for hydroxylation is 1. The Morgan fingerprint density at radius 2 is 2.26 bits per heavy atom. The summed E-state index contributed by atoms with van der Waals surface area (Å²) in [6.45, 7) is 2.10. The number of hydrogen-bond acceptors (Lipinski definition) is 5. The van der Waals surface area contributed by atoms with Crippen molar-refractivity contribution in [3.05, 3.63) is 38.8 Å². The van der Waals surface area contributed by atoms with Crippen LogP contribution in [0.5, 0.6) is 0 Å². The highest BCUT2D eigenvalue weighted by Gasteiger charge is 2.21. The van der Waals surface area contributed by atoms with Crippen molar-refractivity contribution in [2.24, 2.45) is 5.73 Å². The fraction of sp³-hybridized carbons (Fsp3) is 0.182. The van der Waals surface area contributed by atoms with Crippen LogP contribution in [0.25, 0.3) is 0 Å². The lowest BCUT2D eigenvalue weighted by molar-refractivity contribution is 0.601. The number of halogens is 1. The monoisotopic (exact) mass is 361 g/mol. The Hall–Kier alpha value is -0.960. The minimum atomic E-state index is -3.63. The number of pyridine rings is 1. The van der Waals surface area contributed by atoms with Gasteiger partial charge in [0.25, 0.3) is 10.0 Å². The van der Waals surface area contributed by atoms with Gasteiger partial charge in [0.05, 0.1) is 9.47 Å². The summed E-state index contributed by atoms with van der Waals surface area (Å²) < 4.78 is 27.7. The molecule has 0 aliphatic heterocycles. The maximum atomic E-state index is 12.3. The Kier molecular flexibility index (Phi) is 4.24. The second kappa shape index (κ2) is 5.58. The molecule has 2 rings (SSSR count). The molecule has 0 bridgehead atoms. The highest BCUT2D eigenvalue weighted by molar-refractivity contribution is 9.11. The Morgan fingerprint density at radius 1 is 1.53 bits per heavy atom. The molecule has 0 atom stereocenters. The van der Waals surface area contributed by atoms with Crippen LogP contribution in [0.15, 0.2) is 33.2 Å². The molecular formula is C11H12BrN3O2S2. The summed E-state index contributed by atoms with van der Waals surface area (Å²) in [5.41, 5.74) is 6.79. The number of aromatic nitrogens is 1. The summed E-state index contributed by atoms with van der Waals surface area (Å²) in [6.07, 6.45) is 3.14. The van der Waals surface area contributed by atoms with Crippen molar-refractivity contribution in [2.45, 2.75) is 18.4 Å². The fourth-order valence-electron chi connectivity index (χ4n) is 1.47. The van der Waals surface area contributed by atoms with Crippen molar-refractivity contribution < 1.29 is 8.42 Å². The second-order valence-corrected chi connectivity index (χ2v) is 7.96. The summed E-state index contributed by atoms with van der Waals surface area (Å²) >= 11 is 4.57. The quantitative estimate of drug-likeness (QED) is 0.875. The van der Waals surface area contributed by atoms with Crippen LogP contribution < -0.4 is 10.5 Å². The molecule has 2 aromatic rings. The number of hydrogen-bond donors (Lipinski definition) is 2. The molecule has 3 N–H and O–H groups in total. The van der Waals surface area contributed by atoms with Gasteiger partial charge < -0.3 is 5.73 Å². The highest BCUT2D eigenvalue weighted by Crippen LogP contribution is 2.32. The van der Waals surface area contributed by atoms with Crippen molar-refractivity contribution in [2.75, 3.05) is 4.72 Å².